The molecule has 0 saturated heterocycles. The Labute approximate surface area is 183 Å². The molecule has 0 radical (unpaired) electrons. The molecule has 2 aromatic carbocycles. The molecule has 0 bridgehead atoms. The summed E-state index contributed by atoms with van der Waals surface area (Å²) in [7, 11) is 0. The topological polar surface area (TPSA) is 79.5 Å². The van der Waals surface area contributed by atoms with Gasteiger partial charge in [-0.1, -0.05) is 44.9 Å². The van der Waals surface area contributed by atoms with Crippen LogP contribution in [0.25, 0.3) is 0 Å². The van der Waals surface area contributed by atoms with Crippen LogP contribution < -0.4 is 20.7 Å². The fraction of sp³-hybridized carbons (Fsp3) is 0.348. The SMILES string of the molecule is CCCCCOc1ccccc1C(=O)NC(=S)Nc1cccc(C(=O)NCCC)c1. The lowest BCUT2D eigenvalue weighted by molar-refractivity contribution is 0.0950. The van der Waals surface area contributed by atoms with Gasteiger partial charge in [0.2, 0.25) is 0 Å². The van der Waals surface area contributed by atoms with Crippen molar-refractivity contribution < 1.29 is 14.3 Å². The minimum Gasteiger partial charge on any atom is -0.493 e. The highest BCUT2D eigenvalue weighted by Gasteiger charge is 2.14. The highest BCUT2D eigenvalue weighted by atomic mass is 32.1. The van der Waals surface area contributed by atoms with E-state index in [1.807, 2.05) is 13.0 Å². The second-order valence-corrected chi connectivity index (χ2v) is 7.20. The molecular formula is C23H29N3O3S. The average Bonchev–Trinajstić information content (AvgIpc) is 2.75. The first-order valence-electron chi connectivity index (χ1n) is 10.3. The van der Waals surface area contributed by atoms with Crippen molar-refractivity contribution in [1.29, 1.82) is 0 Å². The number of amides is 2. The van der Waals surface area contributed by atoms with E-state index >= 15 is 0 Å². The van der Waals surface area contributed by atoms with E-state index < -0.39 is 0 Å². The van der Waals surface area contributed by atoms with Crippen molar-refractivity contribution in [2.24, 2.45) is 0 Å². The third-order valence-corrected chi connectivity index (χ3v) is 4.49. The second-order valence-electron chi connectivity index (χ2n) is 6.80. The van der Waals surface area contributed by atoms with Gasteiger partial charge in [0.15, 0.2) is 5.11 Å². The van der Waals surface area contributed by atoms with Crippen LogP contribution in [0.2, 0.25) is 0 Å². The summed E-state index contributed by atoms with van der Waals surface area (Å²) in [4.78, 5) is 24.8. The van der Waals surface area contributed by atoms with E-state index in [-0.39, 0.29) is 16.9 Å². The maximum absolute atomic E-state index is 12.7. The molecule has 2 amide bonds. The van der Waals surface area contributed by atoms with E-state index in [9.17, 15) is 9.59 Å². The number of hydrogen-bond donors (Lipinski definition) is 3. The lowest BCUT2D eigenvalue weighted by Gasteiger charge is -2.13. The van der Waals surface area contributed by atoms with Crippen LogP contribution in [0.4, 0.5) is 5.69 Å². The van der Waals surface area contributed by atoms with Gasteiger partial charge in [0.25, 0.3) is 11.8 Å². The fourth-order valence-corrected chi connectivity index (χ4v) is 2.94. The molecule has 160 valence electrons. The van der Waals surface area contributed by atoms with Crippen LogP contribution in [-0.2, 0) is 0 Å². The van der Waals surface area contributed by atoms with Gasteiger partial charge >= 0.3 is 0 Å². The maximum atomic E-state index is 12.7. The summed E-state index contributed by atoms with van der Waals surface area (Å²) in [5, 5.41) is 8.60. The number of benzene rings is 2. The Balaban J connectivity index is 1.97. The normalized spacial score (nSPS) is 10.2. The first kappa shape index (κ1) is 23.3. The summed E-state index contributed by atoms with van der Waals surface area (Å²) < 4.78 is 5.77. The van der Waals surface area contributed by atoms with Crippen LogP contribution in [0.15, 0.2) is 48.5 Å². The number of ether oxygens (including phenoxy) is 1. The van der Waals surface area contributed by atoms with Gasteiger partial charge in [-0.3, -0.25) is 14.9 Å². The van der Waals surface area contributed by atoms with E-state index in [4.69, 9.17) is 17.0 Å². The number of carbonyl (C=O) groups is 2. The van der Waals surface area contributed by atoms with Crippen molar-refractivity contribution in [3.05, 3.63) is 59.7 Å². The zero-order valence-electron chi connectivity index (χ0n) is 17.5. The van der Waals surface area contributed by atoms with Crippen molar-refractivity contribution in [3.63, 3.8) is 0 Å². The second kappa shape index (κ2) is 12.6. The average molecular weight is 428 g/mol. The van der Waals surface area contributed by atoms with Gasteiger partial charge in [0.1, 0.15) is 5.75 Å². The zero-order chi connectivity index (χ0) is 21.8. The van der Waals surface area contributed by atoms with Crippen LogP contribution in [0.3, 0.4) is 0 Å². The van der Waals surface area contributed by atoms with Gasteiger partial charge in [-0.15, -0.1) is 0 Å². The number of hydrogen-bond acceptors (Lipinski definition) is 4. The van der Waals surface area contributed by atoms with Crippen LogP contribution in [0.1, 0.15) is 60.2 Å². The molecule has 0 fully saturated rings. The van der Waals surface area contributed by atoms with E-state index in [1.54, 1.807) is 42.5 Å². The Kier molecular flexibility index (Phi) is 9.80. The number of nitrogens with one attached hydrogen (secondary N) is 3. The summed E-state index contributed by atoms with van der Waals surface area (Å²) >= 11 is 5.27. The smallest absolute Gasteiger partial charge is 0.261 e. The first-order valence-corrected chi connectivity index (χ1v) is 10.7. The maximum Gasteiger partial charge on any atom is 0.261 e. The van der Waals surface area contributed by atoms with Crippen molar-refractivity contribution in [3.8, 4) is 5.75 Å². The summed E-state index contributed by atoms with van der Waals surface area (Å²) in [6.45, 7) is 5.30. The number of rotatable bonds is 10. The van der Waals surface area contributed by atoms with Gasteiger partial charge in [0.05, 0.1) is 12.2 Å². The molecule has 0 saturated carbocycles. The molecule has 0 spiro atoms. The molecule has 0 atom stereocenters. The quantitative estimate of drug-likeness (QED) is 0.384. The molecule has 0 aromatic heterocycles. The summed E-state index contributed by atoms with van der Waals surface area (Å²) in [6.07, 6.45) is 3.99. The Hall–Kier alpha value is -2.93. The number of anilines is 1. The number of thiocarbonyl (C=S) groups is 1. The molecule has 0 aliphatic carbocycles. The Morgan fingerprint density at radius 1 is 0.967 bits per heavy atom. The molecule has 7 heteroatoms. The van der Waals surface area contributed by atoms with Gasteiger partial charge in [-0.25, -0.2) is 0 Å². The van der Waals surface area contributed by atoms with Gasteiger partial charge in [-0.2, -0.15) is 0 Å². The van der Waals surface area contributed by atoms with E-state index in [0.29, 0.717) is 35.7 Å². The van der Waals surface area contributed by atoms with Gasteiger partial charge in [0, 0.05) is 17.8 Å². The summed E-state index contributed by atoms with van der Waals surface area (Å²) in [6, 6.07) is 14.0. The van der Waals surface area contributed by atoms with Gasteiger partial charge in [-0.05, 0) is 55.4 Å². The van der Waals surface area contributed by atoms with Crippen molar-refractivity contribution >= 4 is 34.8 Å². The minimum absolute atomic E-state index is 0.145. The van der Waals surface area contributed by atoms with Crippen molar-refractivity contribution in [2.45, 2.75) is 39.5 Å². The first-order chi connectivity index (χ1) is 14.5. The zero-order valence-corrected chi connectivity index (χ0v) is 18.3. The van der Waals surface area contributed by atoms with Gasteiger partial charge < -0.3 is 15.4 Å². The molecule has 6 nitrogen and oxygen atoms in total. The third kappa shape index (κ3) is 7.48. The van der Waals surface area contributed by atoms with Crippen LogP contribution in [0, 0.1) is 0 Å². The fourth-order valence-electron chi connectivity index (χ4n) is 2.73. The monoisotopic (exact) mass is 427 g/mol. The molecular weight excluding hydrogens is 398 g/mol. The predicted molar refractivity (Wildman–Crippen MR) is 124 cm³/mol. The summed E-state index contributed by atoms with van der Waals surface area (Å²) in [5.41, 5.74) is 1.56. The summed E-state index contributed by atoms with van der Waals surface area (Å²) in [5.74, 6) is 0.0310. The molecule has 3 N–H and O–H groups in total. The van der Waals surface area contributed by atoms with Crippen molar-refractivity contribution in [2.75, 3.05) is 18.5 Å². The molecule has 0 aliphatic rings. The van der Waals surface area contributed by atoms with Crippen LogP contribution in [-0.4, -0.2) is 30.1 Å². The van der Waals surface area contributed by atoms with Crippen LogP contribution >= 0.6 is 12.2 Å². The third-order valence-electron chi connectivity index (χ3n) is 4.28. The Bertz CT molecular complexity index is 870. The lowest BCUT2D eigenvalue weighted by Crippen LogP contribution is -2.34. The molecule has 0 aliphatic heterocycles. The number of unbranched alkanes of at least 4 members (excludes halogenated alkanes) is 2. The Morgan fingerprint density at radius 3 is 2.53 bits per heavy atom. The number of para-hydroxylation sites is 1. The van der Waals surface area contributed by atoms with E-state index in [1.165, 1.54) is 0 Å². The predicted octanol–water partition coefficient (Wildman–Crippen LogP) is 4.52. The van der Waals surface area contributed by atoms with E-state index in [0.717, 1.165) is 25.7 Å². The Morgan fingerprint density at radius 2 is 1.77 bits per heavy atom. The molecule has 30 heavy (non-hydrogen) atoms. The molecule has 2 aromatic rings. The molecule has 0 unspecified atom stereocenters. The molecule has 2 rings (SSSR count). The largest absolute Gasteiger partial charge is 0.493 e. The number of carbonyl (C=O) groups excluding carboxylic acids is 2. The van der Waals surface area contributed by atoms with E-state index in [2.05, 4.69) is 22.9 Å². The highest BCUT2D eigenvalue weighted by Crippen LogP contribution is 2.18. The lowest BCUT2D eigenvalue weighted by atomic mass is 10.2. The minimum atomic E-state index is -0.351. The van der Waals surface area contributed by atoms with Crippen LogP contribution in [0.5, 0.6) is 5.75 Å². The highest BCUT2D eigenvalue weighted by molar-refractivity contribution is 7.80. The van der Waals surface area contributed by atoms with Crippen molar-refractivity contribution in [1.82, 2.24) is 10.6 Å². The molecule has 0 heterocycles. The standard InChI is InChI=1S/C23H29N3O3S/c1-3-5-8-15-29-20-13-7-6-12-19(20)22(28)26-23(30)25-18-11-9-10-17(16-18)21(27)24-14-4-2/h6-7,9-13,16H,3-5,8,14-15H2,1-2H3,(H,24,27)(H2,25,26,28,30).